The Bertz CT molecular complexity index is 1200. The molecule has 0 aliphatic rings. The molecule has 3 rings (SSSR count). The van der Waals surface area contributed by atoms with Crippen LogP contribution in [0.25, 0.3) is 11.3 Å². The van der Waals surface area contributed by atoms with Crippen LogP contribution in [0.4, 0.5) is 13.2 Å². The summed E-state index contributed by atoms with van der Waals surface area (Å²) in [6, 6.07) is 14.5. The lowest BCUT2D eigenvalue weighted by Crippen LogP contribution is -2.24. The van der Waals surface area contributed by atoms with Crippen molar-refractivity contribution in [3.63, 3.8) is 0 Å². The molecule has 0 amide bonds. The van der Waals surface area contributed by atoms with Crippen LogP contribution in [-0.4, -0.2) is 28.9 Å². The van der Waals surface area contributed by atoms with Crippen molar-refractivity contribution in [1.29, 1.82) is 0 Å². The zero-order valence-electron chi connectivity index (χ0n) is 21.0. The molecule has 1 aromatic heterocycles. The Hall–Kier alpha value is -3.00. The highest BCUT2D eigenvalue weighted by Gasteiger charge is 2.30. The molecule has 1 heterocycles. The zero-order chi connectivity index (χ0) is 26.5. The summed E-state index contributed by atoms with van der Waals surface area (Å²) in [4.78, 5) is 17.5. The van der Waals surface area contributed by atoms with E-state index in [0.717, 1.165) is 39.6 Å². The number of carbonyl (C=O) groups is 1. The van der Waals surface area contributed by atoms with Gasteiger partial charge in [0.05, 0.1) is 23.6 Å². The third-order valence-electron chi connectivity index (χ3n) is 5.26. The standard InChI is InChI=1S/C28H30F3NO3S/c1-18-16-23(11-13-25(18)36-17-26(33)35-27(3,4)5)34-15-14-20-8-12-24(32-19(20)2)21-6-9-22(10-7-21)28(29,30)31/h6-13,16H,14-15,17H2,1-5H3. The molecule has 2 aromatic carbocycles. The van der Waals surface area contributed by atoms with Crippen LogP contribution in [0.1, 0.15) is 43.2 Å². The molecule has 0 atom stereocenters. The van der Waals surface area contributed by atoms with Crippen LogP contribution in [0.5, 0.6) is 5.75 Å². The number of aryl methyl sites for hydroxylation is 2. The summed E-state index contributed by atoms with van der Waals surface area (Å²) in [6.45, 7) is 9.84. The number of halogens is 3. The lowest BCUT2D eigenvalue weighted by atomic mass is 10.1. The lowest BCUT2D eigenvalue weighted by molar-refractivity contribution is -0.151. The normalized spacial score (nSPS) is 11.9. The summed E-state index contributed by atoms with van der Waals surface area (Å²) >= 11 is 1.43. The summed E-state index contributed by atoms with van der Waals surface area (Å²) in [5.74, 6) is 0.731. The Balaban J connectivity index is 1.54. The Morgan fingerprint density at radius 2 is 1.67 bits per heavy atom. The first kappa shape index (κ1) is 27.6. The summed E-state index contributed by atoms with van der Waals surface area (Å²) in [6.07, 6.45) is -3.72. The van der Waals surface area contributed by atoms with E-state index in [1.54, 1.807) is 0 Å². The molecule has 0 saturated heterocycles. The number of alkyl halides is 3. The van der Waals surface area contributed by atoms with E-state index in [2.05, 4.69) is 4.98 Å². The molecule has 4 nitrogen and oxygen atoms in total. The van der Waals surface area contributed by atoms with Gasteiger partial charge in [-0.3, -0.25) is 9.78 Å². The number of rotatable bonds is 8. The SMILES string of the molecule is Cc1cc(OCCc2ccc(-c3ccc(C(F)(F)F)cc3)nc2C)ccc1SCC(=O)OC(C)(C)C. The Kier molecular flexibility index (Phi) is 8.71. The number of esters is 1. The van der Waals surface area contributed by atoms with E-state index in [-0.39, 0.29) is 11.7 Å². The van der Waals surface area contributed by atoms with Gasteiger partial charge in [0.15, 0.2) is 0 Å². The van der Waals surface area contributed by atoms with E-state index in [1.165, 1.54) is 23.9 Å². The summed E-state index contributed by atoms with van der Waals surface area (Å²) in [5.41, 5.74) is 2.91. The molecule has 0 aliphatic heterocycles. The quantitative estimate of drug-likeness (QED) is 0.230. The fourth-order valence-corrected chi connectivity index (χ4v) is 4.29. The molecule has 0 radical (unpaired) electrons. The van der Waals surface area contributed by atoms with E-state index >= 15 is 0 Å². The van der Waals surface area contributed by atoms with Crippen molar-refractivity contribution in [3.8, 4) is 17.0 Å². The zero-order valence-corrected chi connectivity index (χ0v) is 21.8. The van der Waals surface area contributed by atoms with Gasteiger partial charge in [-0.15, -0.1) is 11.8 Å². The molecule has 192 valence electrons. The molecule has 36 heavy (non-hydrogen) atoms. The van der Waals surface area contributed by atoms with Crippen molar-refractivity contribution in [2.45, 2.75) is 57.7 Å². The minimum Gasteiger partial charge on any atom is -0.493 e. The second-order valence-corrected chi connectivity index (χ2v) is 10.4. The Morgan fingerprint density at radius 3 is 2.25 bits per heavy atom. The van der Waals surface area contributed by atoms with Gasteiger partial charge in [0.2, 0.25) is 0 Å². The highest BCUT2D eigenvalue weighted by atomic mass is 32.2. The van der Waals surface area contributed by atoms with Crippen LogP contribution >= 0.6 is 11.8 Å². The first-order valence-corrected chi connectivity index (χ1v) is 12.5. The Morgan fingerprint density at radius 1 is 0.972 bits per heavy atom. The highest BCUT2D eigenvalue weighted by Crippen LogP contribution is 2.31. The molecule has 0 aliphatic carbocycles. The molecule has 0 fully saturated rings. The average Bonchev–Trinajstić information content (AvgIpc) is 2.78. The highest BCUT2D eigenvalue weighted by molar-refractivity contribution is 8.00. The van der Waals surface area contributed by atoms with Gasteiger partial charge in [0, 0.05) is 22.6 Å². The van der Waals surface area contributed by atoms with Gasteiger partial charge < -0.3 is 9.47 Å². The maximum absolute atomic E-state index is 12.8. The van der Waals surface area contributed by atoms with Gasteiger partial charge in [-0.1, -0.05) is 18.2 Å². The molecule has 0 unspecified atom stereocenters. The number of aromatic nitrogens is 1. The van der Waals surface area contributed by atoms with Gasteiger partial charge >= 0.3 is 12.1 Å². The van der Waals surface area contributed by atoms with Crippen molar-refractivity contribution in [1.82, 2.24) is 4.98 Å². The number of thioether (sulfide) groups is 1. The number of carbonyl (C=O) groups excluding carboxylic acids is 1. The first-order valence-electron chi connectivity index (χ1n) is 11.5. The van der Waals surface area contributed by atoms with Crippen molar-refractivity contribution in [3.05, 3.63) is 77.0 Å². The van der Waals surface area contributed by atoms with E-state index in [0.29, 0.717) is 24.3 Å². The van der Waals surface area contributed by atoms with Gasteiger partial charge in [-0.25, -0.2) is 0 Å². The number of benzene rings is 2. The second kappa shape index (κ2) is 11.4. The van der Waals surface area contributed by atoms with Gasteiger partial charge in [0.1, 0.15) is 11.4 Å². The van der Waals surface area contributed by atoms with Crippen LogP contribution in [0.3, 0.4) is 0 Å². The fourth-order valence-electron chi connectivity index (χ4n) is 3.50. The number of pyridine rings is 1. The van der Waals surface area contributed by atoms with Crippen LogP contribution in [0, 0.1) is 13.8 Å². The minimum atomic E-state index is -4.36. The predicted octanol–water partition coefficient (Wildman–Crippen LogP) is 7.44. The topological polar surface area (TPSA) is 48.4 Å². The summed E-state index contributed by atoms with van der Waals surface area (Å²) in [7, 11) is 0. The number of ether oxygens (including phenoxy) is 2. The van der Waals surface area contributed by atoms with Crippen molar-refractivity contribution in [2.75, 3.05) is 12.4 Å². The van der Waals surface area contributed by atoms with Crippen molar-refractivity contribution in [2.24, 2.45) is 0 Å². The largest absolute Gasteiger partial charge is 0.493 e. The third-order valence-corrected chi connectivity index (χ3v) is 6.40. The summed E-state index contributed by atoms with van der Waals surface area (Å²) < 4.78 is 49.6. The molecular formula is C28H30F3NO3S. The lowest BCUT2D eigenvalue weighted by Gasteiger charge is -2.19. The molecule has 8 heteroatoms. The average molecular weight is 518 g/mol. The van der Waals surface area contributed by atoms with E-state index in [4.69, 9.17) is 9.47 Å². The number of hydrogen-bond donors (Lipinski definition) is 0. The maximum atomic E-state index is 12.8. The van der Waals surface area contributed by atoms with Crippen molar-refractivity contribution < 1.29 is 27.4 Å². The van der Waals surface area contributed by atoms with Crippen LogP contribution < -0.4 is 4.74 Å². The monoisotopic (exact) mass is 517 g/mol. The molecule has 3 aromatic rings. The summed E-state index contributed by atoms with van der Waals surface area (Å²) in [5, 5.41) is 0. The van der Waals surface area contributed by atoms with Crippen LogP contribution in [-0.2, 0) is 22.1 Å². The number of hydrogen-bond acceptors (Lipinski definition) is 5. The third kappa shape index (κ3) is 8.01. The smallest absolute Gasteiger partial charge is 0.416 e. The molecule has 0 bridgehead atoms. The van der Waals surface area contributed by atoms with Gasteiger partial charge in [-0.2, -0.15) is 13.2 Å². The van der Waals surface area contributed by atoms with Gasteiger partial charge in [-0.05, 0) is 82.1 Å². The second-order valence-electron chi connectivity index (χ2n) is 9.42. The molecule has 0 saturated carbocycles. The van der Waals surface area contributed by atoms with Crippen LogP contribution in [0.2, 0.25) is 0 Å². The Labute approximate surface area is 214 Å². The van der Waals surface area contributed by atoms with E-state index < -0.39 is 17.3 Å². The van der Waals surface area contributed by atoms with E-state index in [9.17, 15) is 18.0 Å². The maximum Gasteiger partial charge on any atom is 0.416 e. The predicted molar refractivity (Wildman–Crippen MR) is 136 cm³/mol. The first-order chi connectivity index (χ1) is 16.8. The van der Waals surface area contributed by atoms with Crippen molar-refractivity contribution >= 4 is 17.7 Å². The fraction of sp³-hybridized carbons (Fsp3) is 0.357. The molecule has 0 N–H and O–H groups in total. The number of nitrogens with zero attached hydrogens (tertiary/aromatic N) is 1. The minimum absolute atomic E-state index is 0.243. The molecule has 0 spiro atoms. The van der Waals surface area contributed by atoms with Crippen LogP contribution in [0.15, 0.2) is 59.5 Å². The van der Waals surface area contributed by atoms with Gasteiger partial charge in [0.25, 0.3) is 0 Å². The van der Waals surface area contributed by atoms with E-state index in [1.807, 2.05) is 65.0 Å². The molecular weight excluding hydrogens is 487 g/mol.